The van der Waals surface area contributed by atoms with Gasteiger partial charge in [-0.2, -0.15) is 4.98 Å². The van der Waals surface area contributed by atoms with Crippen LogP contribution in [0.2, 0.25) is 0 Å². The van der Waals surface area contributed by atoms with Crippen LogP contribution in [0.4, 0.5) is 0 Å². The molecule has 4 aromatic rings. The van der Waals surface area contributed by atoms with Gasteiger partial charge in [-0.1, -0.05) is 47.6 Å². The molecule has 34 heavy (non-hydrogen) atoms. The highest BCUT2D eigenvalue weighted by molar-refractivity contribution is 7.80. The summed E-state index contributed by atoms with van der Waals surface area (Å²) >= 11 is 7.42. The van der Waals surface area contributed by atoms with Crippen molar-refractivity contribution < 1.29 is 9.26 Å². The fraction of sp³-hybridized carbons (Fsp3) is 0.192. The summed E-state index contributed by atoms with van der Waals surface area (Å²) in [7, 11) is 1.66. The van der Waals surface area contributed by atoms with Gasteiger partial charge in [-0.3, -0.25) is 0 Å². The number of rotatable bonds is 6. The zero-order valence-corrected chi connectivity index (χ0v) is 20.7. The first kappa shape index (κ1) is 22.3. The second kappa shape index (κ2) is 9.40. The van der Waals surface area contributed by atoms with Gasteiger partial charge in [-0.05, 0) is 66.3 Å². The smallest absolute Gasteiger partial charge is 0.258 e. The van der Waals surface area contributed by atoms with Gasteiger partial charge < -0.3 is 19.5 Å². The number of aryl methyl sites for hydroxylation is 1. The van der Waals surface area contributed by atoms with E-state index in [4.69, 9.17) is 26.5 Å². The maximum atomic E-state index is 5.84. The Kier molecular flexibility index (Phi) is 6.17. The van der Waals surface area contributed by atoms with Crippen molar-refractivity contribution in [3.8, 4) is 16.5 Å². The van der Waals surface area contributed by atoms with Crippen molar-refractivity contribution in [2.75, 3.05) is 7.11 Å². The minimum atomic E-state index is -0.233. The van der Waals surface area contributed by atoms with Crippen LogP contribution in [0, 0.1) is 6.92 Å². The number of thiocarbonyl (C=S) groups is 1. The van der Waals surface area contributed by atoms with Gasteiger partial charge >= 0.3 is 0 Å². The van der Waals surface area contributed by atoms with Gasteiger partial charge in [0.25, 0.3) is 5.89 Å². The monoisotopic (exact) mass is 488 g/mol. The molecule has 1 atom stereocenters. The van der Waals surface area contributed by atoms with Crippen molar-refractivity contribution >= 4 is 34.2 Å². The summed E-state index contributed by atoms with van der Waals surface area (Å²) in [4.78, 5) is 7.82. The lowest BCUT2D eigenvalue weighted by Crippen LogP contribution is -2.45. The predicted octanol–water partition coefficient (Wildman–Crippen LogP) is 5.98. The molecule has 0 saturated carbocycles. The molecule has 5 rings (SSSR count). The minimum absolute atomic E-state index is 0.233. The van der Waals surface area contributed by atoms with Gasteiger partial charge in [-0.25, -0.2) is 0 Å². The molecule has 1 unspecified atom stereocenters. The third-order valence-electron chi connectivity index (χ3n) is 6.03. The number of thiophene rings is 1. The van der Waals surface area contributed by atoms with E-state index < -0.39 is 0 Å². The maximum Gasteiger partial charge on any atom is 0.258 e. The fourth-order valence-electron chi connectivity index (χ4n) is 4.09. The fourth-order valence-corrected chi connectivity index (χ4v) is 5.06. The molecule has 0 aliphatic carbocycles. The summed E-state index contributed by atoms with van der Waals surface area (Å²) in [6.45, 7) is 4.82. The van der Waals surface area contributed by atoms with Gasteiger partial charge in [0, 0.05) is 5.70 Å². The van der Waals surface area contributed by atoms with Gasteiger partial charge in [0.2, 0.25) is 5.82 Å². The number of methoxy groups -OCH3 is 1. The van der Waals surface area contributed by atoms with E-state index in [1.807, 2.05) is 53.9 Å². The molecular formula is C26H24N4O2S2. The Labute approximate surface area is 207 Å². The summed E-state index contributed by atoms with van der Waals surface area (Å²) in [6, 6.07) is 20.0. The number of allylic oxidation sites excluding steroid dienone is 1. The van der Waals surface area contributed by atoms with Crippen molar-refractivity contribution in [2.24, 2.45) is 0 Å². The molecule has 172 valence electrons. The Morgan fingerprint density at radius 2 is 1.88 bits per heavy atom. The number of aromatic nitrogens is 2. The van der Waals surface area contributed by atoms with E-state index in [2.05, 4.69) is 41.4 Å². The standard InChI is InChI=1S/C26H24N4O2S2/c1-16-7-4-5-8-19(16)15-30-17(2)22(25-28-24(29-32-25)21-9-6-14-34-21)23(27-26(30)33)18-10-12-20(31-3)13-11-18/h4-14,23H,15H2,1-3H3,(H,27,33). The molecule has 0 radical (unpaired) electrons. The van der Waals surface area contributed by atoms with Crippen molar-refractivity contribution in [2.45, 2.75) is 26.4 Å². The Morgan fingerprint density at radius 1 is 1.09 bits per heavy atom. The number of benzene rings is 2. The molecule has 0 fully saturated rings. The molecule has 1 aliphatic heterocycles. The Morgan fingerprint density at radius 3 is 2.59 bits per heavy atom. The summed E-state index contributed by atoms with van der Waals surface area (Å²) in [5.41, 5.74) is 5.34. The highest BCUT2D eigenvalue weighted by Crippen LogP contribution is 2.38. The second-order valence-electron chi connectivity index (χ2n) is 8.07. The lowest BCUT2D eigenvalue weighted by Gasteiger charge is -2.37. The average molecular weight is 489 g/mol. The lowest BCUT2D eigenvalue weighted by molar-refractivity contribution is 0.396. The zero-order chi connectivity index (χ0) is 23.7. The third kappa shape index (κ3) is 4.22. The van der Waals surface area contributed by atoms with Gasteiger partial charge in [0.05, 0.1) is 30.1 Å². The summed E-state index contributed by atoms with van der Waals surface area (Å²) in [5, 5.41) is 10.4. The molecule has 0 bridgehead atoms. The van der Waals surface area contributed by atoms with Crippen LogP contribution in [0.15, 0.2) is 76.3 Å². The highest BCUT2D eigenvalue weighted by Gasteiger charge is 2.34. The lowest BCUT2D eigenvalue weighted by atomic mass is 9.94. The van der Waals surface area contributed by atoms with Crippen LogP contribution in [0.25, 0.3) is 16.3 Å². The van der Waals surface area contributed by atoms with Crippen molar-refractivity contribution in [3.05, 3.63) is 94.3 Å². The normalized spacial score (nSPS) is 16.0. The van der Waals surface area contributed by atoms with Crippen LogP contribution in [-0.4, -0.2) is 27.3 Å². The van der Waals surface area contributed by atoms with E-state index in [0.717, 1.165) is 27.5 Å². The van der Waals surface area contributed by atoms with Gasteiger partial charge in [-0.15, -0.1) is 11.3 Å². The van der Waals surface area contributed by atoms with E-state index in [1.165, 1.54) is 11.1 Å². The molecule has 6 nitrogen and oxygen atoms in total. The van der Waals surface area contributed by atoms with E-state index in [0.29, 0.717) is 23.4 Å². The van der Waals surface area contributed by atoms with Gasteiger partial charge in [0.1, 0.15) is 5.75 Å². The third-order valence-corrected chi connectivity index (χ3v) is 7.24. The Hall–Kier alpha value is -3.49. The first-order chi connectivity index (χ1) is 16.5. The van der Waals surface area contributed by atoms with Crippen LogP contribution < -0.4 is 10.1 Å². The van der Waals surface area contributed by atoms with Crippen molar-refractivity contribution in [3.63, 3.8) is 0 Å². The molecule has 1 N–H and O–H groups in total. The summed E-state index contributed by atoms with van der Waals surface area (Å²) < 4.78 is 11.1. The van der Waals surface area contributed by atoms with Crippen molar-refractivity contribution in [1.82, 2.24) is 20.4 Å². The molecule has 0 amide bonds. The topological polar surface area (TPSA) is 63.4 Å². The summed E-state index contributed by atoms with van der Waals surface area (Å²) in [6.07, 6.45) is 0. The number of hydrogen-bond donors (Lipinski definition) is 1. The van der Waals surface area contributed by atoms with E-state index in [-0.39, 0.29) is 6.04 Å². The van der Waals surface area contributed by atoms with Crippen LogP contribution in [-0.2, 0) is 6.54 Å². The molecule has 2 aromatic carbocycles. The van der Waals surface area contributed by atoms with Crippen molar-refractivity contribution in [1.29, 1.82) is 0 Å². The molecule has 0 saturated heterocycles. The average Bonchev–Trinajstić information content (AvgIpc) is 3.55. The highest BCUT2D eigenvalue weighted by atomic mass is 32.1. The number of nitrogens with one attached hydrogen (secondary N) is 1. The maximum absolute atomic E-state index is 5.84. The predicted molar refractivity (Wildman–Crippen MR) is 138 cm³/mol. The van der Waals surface area contributed by atoms with E-state index in [9.17, 15) is 0 Å². The van der Waals surface area contributed by atoms with Crippen LogP contribution in [0.3, 0.4) is 0 Å². The van der Waals surface area contributed by atoms with Crippen LogP contribution in [0.5, 0.6) is 5.75 Å². The first-order valence-corrected chi connectivity index (χ1v) is 12.2. The molecule has 0 spiro atoms. The summed E-state index contributed by atoms with van der Waals surface area (Å²) in [5.74, 6) is 1.85. The van der Waals surface area contributed by atoms with Gasteiger partial charge in [0.15, 0.2) is 5.11 Å². The Balaban J connectivity index is 1.60. The zero-order valence-electron chi connectivity index (χ0n) is 19.1. The SMILES string of the molecule is COc1ccc(C2NC(=S)N(Cc3ccccc3C)C(C)=C2c2nc(-c3cccs3)no2)cc1. The number of nitrogens with zero attached hydrogens (tertiary/aromatic N) is 3. The largest absolute Gasteiger partial charge is 0.497 e. The minimum Gasteiger partial charge on any atom is -0.497 e. The number of ether oxygens (including phenoxy) is 1. The molecular weight excluding hydrogens is 464 g/mol. The van der Waals surface area contributed by atoms with Crippen LogP contribution in [0.1, 0.15) is 35.5 Å². The Bertz CT molecular complexity index is 1340. The molecule has 3 heterocycles. The number of hydrogen-bond acceptors (Lipinski definition) is 6. The first-order valence-electron chi connectivity index (χ1n) is 10.9. The molecule has 8 heteroatoms. The molecule has 1 aliphatic rings. The second-order valence-corrected chi connectivity index (χ2v) is 9.40. The van der Waals surface area contributed by atoms with Crippen LogP contribution >= 0.6 is 23.6 Å². The quantitative estimate of drug-likeness (QED) is 0.335. The van der Waals surface area contributed by atoms with E-state index in [1.54, 1.807) is 18.4 Å². The molecule has 2 aromatic heterocycles. The van der Waals surface area contributed by atoms with E-state index >= 15 is 0 Å².